The van der Waals surface area contributed by atoms with E-state index in [4.69, 9.17) is 5.11 Å². The fourth-order valence-electron chi connectivity index (χ4n) is 2.16. The van der Waals surface area contributed by atoms with Crippen molar-refractivity contribution >= 4 is 11.6 Å². The smallest absolute Gasteiger partial charge is 0.310 e. The maximum Gasteiger partial charge on any atom is 0.310 e. The van der Waals surface area contributed by atoms with Gasteiger partial charge in [-0.3, -0.25) is 4.79 Å². The molecule has 0 radical (unpaired) electrons. The van der Waals surface area contributed by atoms with E-state index in [0.717, 1.165) is 22.5 Å². The number of rotatable bonds is 3. The molecule has 3 aromatic rings. The van der Waals surface area contributed by atoms with Crippen LogP contribution < -0.4 is 0 Å². The van der Waals surface area contributed by atoms with Gasteiger partial charge in [0.2, 0.25) is 0 Å². The van der Waals surface area contributed by atoms with Crippen LogP contribution in [0.3, 0.4) is 0 Å². The van der Waals surface area contributed by atoms with Gasteiger partial charge in [0.25, 0.3) is 0 Å². The zero-order chi connectivity index (χ0) is 14.1. The SMILES string of the molecule is C[C@@H](C(=O)O)c1ccc(-c2cn3ccccc3n2)cc1. The first kappa shape index (κ1) is 12.4. The van der Waals surface area contributed by atoms with E-state index in [0.29, 0.717) is 0 Å². The Morgan fingerprint density at radius 1 is 1.20 bits per heavy atom. The van der Waals surface area contributed by atoms with E-state index in [1.807, 2.05) is 59.3 Å². The molecule has 2 aromatic heterocycles. The Kier molecular flexibility index (Phi) is 2.99. The van der Waals surface area contributed by atoms with Crippen LogP contribution in [-0.2, 0) is 4.79 Å². The maximum absolute atomic E-state index is 11.0. The molecule has 2 heterocycles. The zero-order valence-electron chi connectivity index (χ0n) is 11.0. The molecule has 0 saturated heterocycles. The van der Waals surface area contributed by atoms with Gasteiger partial charge in [0.05, 0.1) is 11.6 Å². The maximum atomic E-state index is 11.0. The van der Waals surface area contributed by atoms with Crippen LogP contribution >= 0.6 is 0 Å². The molecule has 0 spiro atoms. The predicted molar refractivity (Wildman–Crippen MR) is 76.7 cm³/mol. The number of carboxylic acid groups (broad SMARTS) is 1. The number of aromatic nitrogens is 2. The zero-order valence-corrected chi connectivity index (χ0v) is 11.0. The molecule has 0 unspecified atom stereocenters. The van der Waals surface area contributed by atoms with Gasteiger partial charge in [-0.05, 0) is 24.6 Å². The molecule has 0 aliphatic rings. The number of aliphatic carboxylic acids is 1. The summed E-state index contributed by atoms with van der Waals surface area (Å²) in [4.78, 5) is 15.5. The van der Waals surface area contributed by atoms with Crippen molar-refractivity contribution in [3.05, 3.63) is 60.4 Å². The lowest BCUT2D eigenvalue weighted by Crippen LogP contribution is -2.06. The lowest BCUT2D eigenvalue weighted by molar-refractivity contribution is -0.138. The van der Waals surface area contributed by atoms with Crippen LogP contribution in [0.4, 0.5) is 0 Å². The van der Waals surface area contributed by atoms with E-state index < -0.39 is 11.9 Å². The molecule has 1 atom stereocenters. The highest BCUT2D eigenvalue weighted by atomic mass is 16.4. The number of nitrogens with zero attached hydrogens (tertiary/aromatic N) is 2. The van der Waals surface area contributed by atoms with Gasteiger partial charge < -0.3 is 9.51 Å². The standard InChI is InChI=1S/C16H14N2O2/c1-11(16(19)20)12-5-7-13(8-6-12)14-10-18-9-3-2-4-15(18)17-14/h2-11H,1H3,(H,19,20)/t11-/m1/s1. The second kappa shape index (κ2) is 4.81. The lowest BCUT2D eigenvalue weighted by Gasteiger charge is -2.06. The normalized spacial score (nSPS) is 12.4. The second-order valence-corrected chi connectivity index (χ2v) is 4.77. The number of fused-ring (bicyclic) bond motifs is 1. The molecule has 0 bridgehead atoms. The van der Waals surface area contributed by atoms with Crippen LogP contribution in [0.2, 0.25) is 0 Å². The molecule has 1 aromatic carbocycles. The highest BCUT2D eigenvalue weighted by Crippen LogP contribution is 2.22. The van der Waals surface area contributed by atoms with Gasteiger partial charge in [0, 0.05) is 18.0 Å². The van der Waals surface area contributed by atoms with Crippen molar-refractivity contribution in [2.24, 2.45) is 0 Å². The Labute approximate surface area is 116 Å². The summed E-state index contributed by atoms with van der Waals surface area (Å²) in [6.45, 7) is 1.68. The molecule has 100 valence electrons. The summed E-state index contributed by atoms with van der Waals surface area (Å²) in [5.41, 5.74) is 3.55. The van der Waals surface area contributed by atoms with E-state index >= 15 is 0 Å². The minimum atomic E-state index is -0.814. The van der Waals surface area contributed by atoms with Crippen LogP contribution in [0.1, 0.15) is 18.4 Å². The summed E-state index contributed by atoms with van der Waals surface area (Å²) in [5, 5.41) is 9.00. The molecule has 0 amide bonds. The molecule has 3 rings (SSSR count). The number of carbonyl (C=O) groups is 1. The van der Waals surface area contributed by atoms with Crippen molar-refractivity contribution in [2.75, 3.05) is 0 Å². The van der Waals surface area contributed by atoms with Gasteiger partial charge >= 0.3 is 5.97 Å². The lowest BCUT2D eigenvalue weighted by atomic mass is 9.99. The highest BCUT2D eigenvalue weighted by molar-refractivity contribution is 5.76. The first-order valence-electron chi connectivity index (χ1n) is 6.42. The topological polar surface area (TPSA) is 54.6 Å². The highest BCUT2D eigenvalue weighted by Gasteiger charge is 2.13. The Morgan fingerprint density at radius 2 is 1.95 bits per heavy atom. The molecule has 0 aliphatic heterocycles. The average molecular weight is 266 g/mol. The van der Waals surface area contributed by atoms with Crippen LogP contribution in [-0.4, -0.2) is 20.5 Å². The Morgan fingerprint density at radius 3 is 2.60 bits per heavy atom. The fourth-order valence-corrected chi connectivity index (χ4v) is 2.16. The van der Waals surface area contributed by atoms with Crippen molar-refractivity contribution in [3.63, 3.8) is 0 Å². The first-order chi connectivity index (χ1) is 9.65. The van der Waals surface area contributed by atoms with Crippen molar-refractivity contribution in [1.29, 1.82) is 0 Å². The van der Waals surface area contributed by atoms with E-state index in [9.17, 15) is 4.79 Å². The largest absolute Gasteiger partial charge is 0.481 e. The molecular weight excluding hydrogens is 252 g/mol. The number of hydrogen-bond acceptors (Lipinski definition) is 2. The van der Waals surface area contributed by atoms with Crippen molar-refractivity contribution in [1.82, 2.24) is 9.38 Å². The van der Waals surface area contributed by atoms with Crippen LogP contribution in [0, 0.1) is 0 Å². The van der Waals surface area contributed by atoms with Crippen molar-refractivity contribution < 1.29 is 9.90 Å². The summed E-state index contributed by atoms with van der Waals surface area (Å²) in [6.07, 6.45) is 3.91. The summed E-state index contributed by atoms with van der Waals surface area (Å²) in [6, 6.07) is 13.4. The summed E-state index contributed by atoms with van der Waals surface area (Å²) >= 11 is 0. The number of pyridine rings is 1. The second-order valence-electron chi connectivity index (χ2n) is 4.77. The quantitative estimate of drug-likeness (QED) is 0.792. The van der Waals surface area contributed by atoms with Crippen molar-refractivity contribution in [3.8, 4) is 11.3 Å². The van der Waals surface area contributed by atoms with Gasteiger partial charge in [0.15, 0.2) is 0 Å². The summed E-state index contributed by atoms with van der Waals surface area (Å²) < 4.78 is 1.96. The molecule has 4 nitrogen and oxygen atoms in total. The van der Waals surface area contributed by atoms with E-state index in [-0.39, 0.29) is 0 Å². The monoisotopic (exact) mass is 266 g/mol. The molecule has 4 heteroatoms. The van der Waals surface area contributed by atoms with Gasteiger partial charge in [-0.25, -0.2) is 4.98 Å². The van der Waals surface area contributed by atoms with Crippen molar-refractivity contribution in [2.45, 2.75) is 12.8 Å². The van der Waals surface area contributed by atoms with Gasteiger partial charge in [-0.1, -0.05) is 30.3 Å². The molecule has 0 aliphatic carbocycles. The van der Waals surface area contributed by atoms with Gasteiger partial charge in [-0.15, -0.1) is 0 Å². The fraction of sp³-hybridized carbons (Fsp3) is 0.125. The summed E-state index contributed by atoms with van der Waals surface area (Å²) in [7, 11) is 0. The van der Waals surface area contributed by atoms with Gasteiger partial charge in [-0.2, -0.15) is 0 Å². The number of benzene rings is 1. The number of imidazole rings is 1. The third-order valence-corrected chi connectivity index (χ3v) is 3.44. The predicted octanol–water partition coefficient (Wildman–Crippen LogP) is 3.19. The van der Waals surface area contributed by atoms with Gasteiger partial charge in [0.1, 0.15) is 5.65 Å². The molecule has 0 saturated carbocycles. The number of carboxylic acids is 1. The van der Waals surface area contributed by atoms with E-state index in [1.165, 1.54) is 0 Å². The number of hydrogen-bond donors (Lipinski definition) is 1. The van der Waals surface area contributed by atoms with Crippen LogP contribution in [0.5, 0.6) is 0 Å². The first-order valence-corrected chi connectivity index (χ1v) is 6.42. The summed E-state index contributed by atoms with van der Waals surface area (Å²) in [5.74, 6) is -1.31. The third-order valence-electron chi connectivity index (χ3n) is 3.44. The molecule has 0 fully saturated rings. The Hall–Kier alpha value is -2.62. The minimum Gasteiger partial charge on any atom is -0.481 e. The average Bonchev–Trinajstić information content (AvgIpc) is 2.90. The van der Waals surface area contributed by atoms with Crippen LogP contribution in [0.25, 0.3) is 16.9 Å². The molecular formula is C16H14N2O2. The third kappa shape index (κ3) is 2.16. The molecule has 1 N–H and O–H groups in total. The Balaban J connectivity index is 1.96. The Bertz CT molecular complexity index is 727. The van der Waals surface area contributed by atoms with E-state index in [1.54, 1.807) is 6.92 Å². The van der Waals surface area contributed by atoms with E-state index in [2.05, 4.69) is 4.98 Å². The molecule has 20 heavy (non-hydrogen) atoms. The minimum absolute atomic E-state index is 0.495. The van der Waals surface area contributed by atoms with Crippen LogP contribution in [0.15, 0.2) is 54.9 Å².